The summed E-state index contributed by atoms with van der Waals surface area (Å²) in [6.45, 7) is 0. The van der Waals surface area contributed by atoms with Gasteiger partial charge in [0.05, 0.1) is 14.2 Å². The molecular formula is C16H14O2S. The molecule has 0 N–H and O–H groups in total. The third-order valence-corrected chi connectivity index (χ3v) is 4.06. The highest BCUT2D eigenvalue weighted by Crippen LogP contribution is 2.40. The van der Waals surface area contributed by atoms with Gasteiger partial charge in [-0.15, -0.1) is 11.3 Å². The van der Waals surface area contributed by atoms with E-state index in [1.165, 1.54) is 10.3 Å². The summed E-state index contributed by atoms with van der Waals surface area (Å²) in [7, 11) is 3.40. The number of hydrogen-bond acceptors (Lipinski definition) is 3. The van der Waals surface area contributed by atoms with Crippen LogP contribution in [0.2, 0.25) is 0 Å². The van der Waals surface area contributed by atoms with Crippen molar-refractivity contribution in [3.63, 3.8) is 0 Å². The third kappa shape index (κ3) is 2.06. The van der Waals surface area contributed by atoms with Gasteiger partial charge >= 0.3 is 0 Å². The first-order valence-electron chi connectivity index (χ1n) is 6.02. The van der Waals surface area contributed by atoms with Gasteiger partial charge in [-0.3, -0.25) is 0 Å². The highest BCUT2D eigenvalue weighted by Gasteiger charge is 2.11. The van der Waals surface area contributed by atoms with Crippen molar-refractivity contribution in [2.45, 2.75) is 0 Å². The fraction of sp³-hybridized carbons (Fsp3) is 0.125. The van der Waals surface area contributed by atoms with Crippen molar-refractivity contribution in [3.8, 4) is 21.9 Å². The number of hydrogen-bond donors (Lipinski definition) is 0. The fourth-order valence-electron chi connectivity index (χ4n) is 2.26. The van der Waals surface area contributed by atoms with Gasteiger partial charge in [-0.25, -0.2) is 0 Å². The number of ether oxygens (including phenoxy) is 2. The Morgan fingerprint density at radius 2 is 1.84 bits per heavy atom. The number of rotatable bonds is 3. The topological polar surface area (TPSA) is 18.5 Å². The van der Waals surface area contributed by atoms with E-state index in [1.54, 1.807) is 25.6 Å². The van der Waals surface area contributed by atoms with Crippen molar-refractivity contribution in [1.82, 2.24) is 0 Å². The summed E-state index contributed by atoms with van der Waals surface area (Å²) in [5.74, 6) is 1.77. The van der Waals surface area contributed by atoms with Gasteiger partial charge < -0.3 is 9.47 Å². The lowest BCUT2D eigenvalue weighted by atomic mass is 10.0. The third-order valence-electron chi connectivity index (χ3n) is 3.18. The molecule has 19 heavy (non-hydrogen) atoms. The molecule has 3 rings (SSSR count). The van der Waals surface area contributed by atoms with Crippen molar-refractivity contribution in [3.05, 3.63) is 47.8 Å². The average molecular weight is 270 g/mol. The van der Waals surface area contributed by atoms with Crippen molar-refractivity contribution < 1.29 is 9.47 Å². The second kappa shape index (κ2) is 4.94. The van der Waals surface area contributed by atoms with Crippen molar-refractivity contribution >= 4 is 22.1 Å². The predicted octanol–water partition coefficient (Wildman–Crippen LogP) is 4.59. The second-order valence-corrected chi connectivity index (χ2v) is 5.15. The molecule has 0 aliphatic rings. The summed E-state index contributed by atoms with van der Waals surface area (Å²) in [6.07, 6.45) is 0. The van der Waals surface area contributed by atoms with Crippen LogP contribution in [0.1, 0.15) is 0 Å². The minimum absolute atomic E-state index is 0.870. The normalized spacial score (nSPS) is 10.6. The van der Waals surface area contributed by atoms with Crippen LogP contribution < -0.4 is 9.47 Å². The van der Waals surface area contributed by atoms with Gasteiger partial charge in [0.2, 0.25) is 0 Å². The highest BCUT2D eigenvalue weighted by atomic mass is 32.1. The van der Waals surface area contributed by atoms with Crippen LogP contribution >= 0.6 is 11.3 Å². The van der Waals surface area contributed by atoms with Gasteiger partial charge in [0, 0.05) is 10.4 Å². The zero-order valence-electron chi connectivity index (χ0n) is 10.8. The number of fused-ring (bicyclic) bond motifs is 1. The molecule has 96 valence electrons. The fourth-order valence-corrected chi connectivity index (χ4v) is 3.05. The molecule has 0 fully saturated rings. The van der Waals surface area contributed by atoms with Crippen LogP contribution in [0.15, 0.2) is 47.8 Å². The molecule has 0 saturated heterocycles. The Bertz CT molecular complexity index is 702. The van der Waals surface area contributed by atoms with Gasteiger partial charge in [-0.05, 0) is 46.5 Å². The SMILES string of the molecule is COc1ccc2c(-c3cccs3)c(OC)ccc2c1. The predicted molar refractivity (Wildman–Crippen MR) is 80.4 cm³/mol. The molecule has 2 nitrogen and oxygen atoms in total. The quantitative estimate of drug-likeness (QED) is 0.693. The van der Waals surface area contributed by atoms with E-state index in [4.69, 9.17) is 9.47 Å². The largest absolute Gasteiger partial charge is 0.497 e. The van der Waals surface area contributed by atoms with E-state index in [1.807, 2.05) is 18.2 Å². The van der Waals surface area contributed by atoms with Crippen LogP contribution in [0, 0.1) is 0 Å². The first-order valence-corrected chi connectivity index (χ1v) is 6.90. The van der Waals surface area contributed by atoms with Gasteiger partial charge in [0.25, 0.3) is 0 Å². The molecule has 1 heterocycles. The second-order valence-electron chi connectivity index (χ2n) is 4.21. The molecule has 1 aromatic heterocycles. The molecule has 3 aromatic rings. The van der Waals surface area contributed by atoms with Crippen LogP contribution in [0.25, 0.3) is 21.2 Å². The number of methoxy groups -OCH3 is 2. The summed E-state index contributed by atoms with van der Waals surface area (Å²) >= 11 is 1.72. The number of benzene rings is 2. The van der Waals surface area contributed by atoms with Crippen molar-refractivity contribution in [2.24, 2.45) is 0 Å². The summed E-state index contributed by atoms with van der Waals surface area (Å²) < 4.78 is 10.8. The monoisotopic (exact) mass is 270 g/mol. The zero-order chi connectivity index (χ0) is 13.2. The van der Waals surface area contributed by atoms with Gasteiger partial charge in [-0.1, -0.05) is 12.1 Å². The Morgan fingerprint density at radius 3 is 2.53 bits per heavy atom. The lowest BCUT2D eigenvalue weighted by Gasteiger charge is -2.11. The van der Waals surface area contributed by atoms with Crippen molar-refractivity contribution in [1.29, 1.82) is 0 Å². The van der Waals surface area contributed by atoms with Crippen LogP contribution in [-0.4, -0.2) is 14.2 Å². The zero-order valence-corrected chi connectivity index (χ0v) is 11.7. The molecule has 0 unspecified atom stereocenters. The van der Waals surface area contributed by atoms with Crippen LogP contribution in [0.3, 0.4) is 0 Å². The van der Waals surface area contributed by atoms with E-state index in [0.29, 0.717) is 0 Å². The van der Waals surface area contributed by atoms with E-state index in [0.717, 1.165) is 22.4 Å². The Balaban J connectivity index is 2.32. The average Bonchev–Trinajstić information content (AvgIpc) is 2.99. The van der Waals surface area contributed by atoms with Gasteiger partial charge in [0.1, 0.15) is 11.5 Å². The molecule has 0 spiro atoms. The molecule has 0 amide bonds. The molecule has 0 saturated carbocycles. The molecule has 2 aromatic carbocycles. The lowest BCUT2D eigenvalue weighted by Crippen LogP contribution is -1.89. The molecule has 0 aliphatic heterocycles. The minimum atomic E-state index is 0.870. The molecule has 3 heteroatoms. The first-order chi connectivity index (χ1) is 9.33. The molecule has 0 atom stereocenters. The molecular weight excluding hydrogens is 256 g/mol. The van der Waals surface area contributed by atoms with E-state index in [9.17, 15) is 0 Å². The van der Waals surface area contributed by atoms with Crippen LogP contribution in [0.5, 0.6) is 11.5 Å². The summed E-state index contributed by atoms with van der Waals surface area (Å²) in [5.41, 5.74) is 1.15. The van der Waals surface area contributed by atoms with Crippen LogP contribution in [-0.2, 0) is 0 Å². The standard InChI is InChI=1S/C16H14O2S/c1-17-12-6-7-13-11(10-12)5-8-14(18-2)16(13)15-4-3-9-19-15/h3-10H,1-2H3. The first kappa shape index (κ1) is 12.1. The summed E-state index contributed by atoms with van der Waals surface area (Å²) in [5, 5.41) is 4.42. The lowest BCUT2D eigenvalue weighted by molar-refractivity contribution is 0.415. The maximum atomic E-state index is 5.51. The van der Waals surface area contributed by atoms with E-state index < -0.39 is 0 Å². The summed E-state index contributed by atoms with van der Waals surface area (Å²) in [4.78, 5) is 1.22. The van der Waals surface area contributed by atoms with Crippen molar-refractivity contribution in [2.75, 3.05) is 14.2 Å². The Morgan fingerprint density at radius 1 is 0.947 bits per heavy atom. The Kier molecular flexibility index (Phi) is 3.13. The number of thiophene rings is 1. The van der Waals surface area contributed by atoms with Crippen LogP contribution in [0.4, 0.5) is 0 Å². The maximum absolute atomic E-state index is 5.51. The van der Waals surface area contributed by atoms with E-state index in [-0.39, 0.29) is 0 Å². The highest BCUT2D eigenvalue weighted by molar-refractivity contribution is 7.13. The molecule has 0 bridgehead atoms. The molecule has 0 radical (unpaired) electrons. The van der Waals surface area contributed by atoms with E-state index >= 15 is 0 Å². The van der Waals surface area contributed by atoms with Gasteiger partial charge in [-0.2, -0.15) is 0 Å². The Hall–Kier alpha value is -2.00. The summed E-state index contributed by atoms with van der Waals surface area (Å²) in [6, 6.07) is 14.4. The maximum Gasteiger partial charge on any atom is 0.128 e. The Labute approximate surface area is 116 Å². The van der Waals surface area contributed by atoms with Gasteiger partial charge in [0.15, 0.2) is 0 Å². The molecule has 0 aliphatic carbocycles. The smallest absolute Gasteiger partial charge is 0.128 e. The van der Waals surface area contributed by atoms with E-state index in [2.05, 4.69) is 29.6 Å². The minimum Gasteiger partial charge on any atom is -0.497 e.